The van der Waals surface area contributed by atoms with Crippen LogP contribution in [0.5, 0.6) is 0 Å². The number of aryl methyl sites for hydroxylation is 1. The number of carbonyl (C=O) groups is 1. The molecule has 0 bridgehead atoms. The van der Waals surface area contributed by atoms with Crippen LogP contribution in [-0.4, -0.2) is 16.1 Å². The molecule has 4 heteroatoms. The number of carbonyl (C=O) groups excluding carboxylic acids is 1. The maximum absolute atomic E-state index is 11.2. The Labute approximate surface area is 93.5 Å². The third-order valence-corrected chi connectivity index (χ3v) is 2.41. The van der Waals surface area contributed by atoms with Gasteiger partial charge < -0.3 is 5.73 Å². The van der Waals surface area contributed by atoms with Crippen molar-refractivity contribution in [1.82, 2.24) is 10.2 Å². The number of hydrogen-bond donors (Lipinski definition) is 2. The van der Waals surface area contributed by atoms with Crippen LogP contribution in [0.15, 0.2) is 30.3 Å². The van der Waals surface area contributed by atoms with Crippen LogP contribution < -0.4 is 5.73 Å². The smallest absolute Gasteiger partial charge is 0.248 e. The molecule has 4 nitrogen and oxygen atoms in total. The van der Waals surface area contributed by atoms with Crippen LogP contribution in [0, 0.1) is 6.92 Å². The minimum absolute atomic E-state index is 0.400. The molecule has 0 saturated carbocycles. The molecule has 0 unspecified atom stereocenters. The van der Waals surface area contributed by atoms with Gasteiger partial charge in [0.25, 0.3) is 0 Å². The van der Waals surface area contributed by atoms with Crippen molar-refractivity contribution in [3.05, 3.63) is 52.8 Å². The fraction of sp³-hybridized carbons (Fsp3) is 0.167. The molecule has 2 aromatic rings. The zero-order valence-electron chi connectivity index (χ0n) is 9.03. The summed E-state index contributed by atoms with van der Waals surface area (Å²) in [4.78, 5) is 11.2. The van der Waals surface area contributed by atoms with Crippen molar-refractivity contribution in [2.45, 2.75) is 13.3 Å². The highest BCUT2D eigenvalue weighted by molar-refractivity contribution is 5.94. The fourth-order valence-electron chi connectivity index (χ4n) is 1.67. The predicted octanol–water partition coefficient (Wildman–Crippen LogP) is 1.41. The molecule has 16 heavy (non-hydrogen) atoms. The van der Waals surface area contributed by atoms with Crippen LogP contribution >= 0.6 is 0 Å². The van der Waals surface area contributed by atoms with E-state index < -0.39 is 5.91 Å². The maximum Gasteiger partial charge on any atom is 0.248 e. The number of H-pyrrole nitrogens is 1. The Morgan fingerprint density at radius 1 is 1.44 bits per heavy atom. The molecule has 0 aliphatic rings. The van der Waals surface area contributed by atoms with E-state index in [-0.39, 0.29) is 0 Å². The summed E-state index contributed by atoms with van der Waals surface area (Å²) >= 11 is 0. The van der Waals surface area contributed by atoms with Crippen LogP contribution in [0.3, 0.4) is 0 Å². The Kier molecular flexibility index (Phi) is 2.72. The maximum atomic E-state index is 11.2. The Balaban J connectivity index is 2.31. The first kappa shape index (κ1) is 10.4. The van der Waals surface area contributed by atoms with Crippen molar-refractivity contribution in [2.75, 3.05) is 0 Å². The van der Waals surface area contributed by atoms with Gasteiger partial charge in [0.2, 0.25) is 5.91 Å². The van der Waals surface area contributed by atoms with Gasteiger partial charge in [-0.1, -0.05) is 18.2 Å². The molecule has 0 aliphatic carbocycles. The third kappa shape index (κ3) is 2.11. The molecule has 0 aliphatic heterocycles. The summed E-state index contributed by atoms with van der Waals surface area (Å²) in [6.07, 6.45) is 0.615. The summed E-state index contributed by atoms with van der Waals surface area (Å²) in [5, 5.41) is 7.01. The molecule has 1 aromatic heterocycles. The lowest BCUT2D eigenvalue weighted by Crippen LogP contribution is -2.13. The number of amides is 1. The normalized spacial score (nSPS) is 10.3. The van der Waals surface area contributed by atoms with Crippen molar-refractivity contribution in [1.29, 1.82) is 0 Å². The number of rotatable bonds is 3. The Morgan fingerprint density at radius 3 is 2.81 bits per heavy atom. The highest BCUT2D eigenvalue weighted by Crippen LogP contribution is 2.13. The van der Waals surface area contributed by atoms with Gasteiger partial charge in [-0.15, -0.1) is 0 Å². The topological polar surface area (TPSA) is 71.8 Å². The third-order valence-electron chi connectivity index (χ3n) is 2.41. The van der Waals surface area contributed by atoms with Gasteiger partial charge in [0.1, 0.15) is 0 Å². The molecule has 82 valence electrons. The summed E-state index contributed by atoms with van der Waals surface area (Å²) in [6.45, 7) is 1.94. The van der Waals surface area contributed by atoms with Crippen molar-refractivity contribution < 1.29 is 4.79 Å². The minimum Gasteiger partial charge on any atom is -0.366 e. The van der Waals surface area contributed by atoms with Gasteiger partial charge in [-0.25, -0.2) is 0 Å². The Morgan fingerprint density at radius 2 is 2.19 bits per heavy atom. The summed E-state index contributed by atoms with van der Waals surface area (Å²) in [5.41, 5.74) is 8.68. The van der Waals surface area contributed by atoms with Gasteiger partial charge in [0.05, 0.1) is 5.69 Å². The monoisotopic (exact) mass is 215 g/mol. The molecule has 3 N–H and O–H groups in total. The van der Waals surface area contributed by atoms with Crippen molar-refractivity contribution in [2.24, 2.45) is 5.73 Å². The number of hydrogen-bond acceptors (Lipinski definition) is 2. The van der Waals surface area contributed by atoms with Crippen LogP contribution in [0.25, 0.3) is 0 Å². The molecule has 0 radical (unpaired) electrons. The molecule has 0 spiro atoms. The van der Waals surface area contributed by atoms with E-state index in [1.165, 1.54) is 0 Å². The molecule has 2 rings (SSSR count). The zero-order chi connectivity index (χ0) is 11.5. The summed E-state index contributed by atoms with van der Waals surface area (Å²) < 4.78 is 0. The number of aromatic nitrogens is 2. The second kappa shape index (κ2) is 4.18. The quantitative estimate of drug-likeness (QED) is 0.812. The average Bonchev–Trinajstić information content (AvgIpc) is 2.64. The standard InChI is InChI=1S/C12H13N3O/c1-8-6-10(15-14-8)7-9-4-2-3-5-11(9)12(13)16/h2-6H,7H2,1H3,(H2,13,16)(H,14,15). The molecule has 1 heterocycles. The van der Waals surface area contributed by atoms with Crippen molar-refractivity contribution in [3.8, 4) is 0 Å². The fourth-order valence-corrected chi connectivity index (χ4v) is 1.67. The van der Waals surface area contributed by atoms with Crippen LogP contribution in [0.4, 0.5) is 0 Å². The number of benzene rings is 1. The van der Waals surface area contributed by atoms with Crippen LogP contribution in [0.1, 0.15) is 27.3 Å². The lowest BCUT2D eigenvalue weighted by atomic mass is 10.0. The zero-order valence-corrected chi connectivity index (χ0v) is 9.03. The van der Waals surface area contributed by atoms with Gasteiger partial charge in [-0.05, 0) is 24.6 Å². The molecule has 1 amide bonds. The lowest BCUT2D eigenvalue weighted by molar-refractivity contribution is 0.0999. The van der Waals surface area contributed by atoms with Crippen molar-refractivity contribution in [3.63, 3.8) is 0 Å². The van der Waals surface area contributed by atoms with E-state index in [0.717, 1.165) is 17.0 Å². The average molecular weight is 215 g/mol. The van der Waals surface area contributed by atoms with Gasteiger partial charge in [0.15, 0.2) is 0 Å². The van der Waals surface area contributed by atoms with E-state index >= 15 is 0 Å². The number of nitrogens with zero attached hydrogens (tertiary/aromatic N) is 1. The number of nitrogens with one attached hydrogen (secondary N) is 1. The van der Waals surface area contributed by atoms with E-state index in [1.54, 1.807) is 12.1 Å². The summed E-state index contributed by atoms with van der Waals surface area (Å²) in [5.74, 6) is -0.400. The van der Waals surface area contributed by atoms with E-state index in [4.69, 9.17) is 5.73 Å². The number of aromatic amines is 1. The second-order valence-corrected chi connectivity index (χ2v) is 3.74. The van der Waals surface area contributed by atoms with Gasteiger partial charge in [-0.2, -0.15) is 5.10 Å². The largest absolute Gasteiger partial charge is 0.366 e. The molecule has 0 atom stereocenters. The molecule has 0 saturated heterocycles. The number of nitrogens with two attached hydrogens (primary N) is 1. The molecule has 1 aromatic carbocycles. The minimum atomic E-state index is -0.400. The molecule has 0 fully saturated rings. The van der Waals surface area contributed by atoms with E-state index in [2.05, 4.69) is 10.2 Å². The van der Waals surface area contributed by atoms with E-state index in [0.29, 0.717) is 12.0 Å². The first-order valence-corrected chi connectivity index (χ1v) is 5.05. The second-order valence-electron chi connectivity index (χ2n) is 3.74. The van der Waals surface area contributed by atoms with Gasteiger partial charge in [0, 0.05) is 17.7 Å². The van der Waals surface area contributed by atoms with E-state index in [1.807, 2.05) is 25.1 Å². The van der Waals surface area contributed by atoms with Gasteiger partial charge in [-0.3, -0.25) is 9.89 Å². The first-order valence-electron chi connectivity index (χ1n) is 5.05. The first-order chi connectivity index (χ1) is 7.66. The van der Waals surface area contributed by atoms with E-state index in [9.17, 15) is 4.79 Å². The lowest BCUT2D eigenvalue weighted by Gasteiger charge is -2.03. The number of primary amides is 1. The van der Waals surface area contributed by atoms with Crippen LogP contribution in [-0.2, 0) is 6.42 Å². The molecular formula is C12H13N3O. The summed E-state index contributed by atoms with van der Waals surface area (Å²) in [6, 6.07) is 9.28. The predicted molar refractivity (Wildman–Crippen MR) is 61.1 cm³/mol. The highest BCUT2D eigenvalue weighted by Gasteiger charge is 2.08. The highest BCUT2D eigenvalue weighted by atomic mass is 16.1. The molecular weight excluding hydrogens is 202 g/mol. The van der Waals surface area contributed by atoms with Gasteiger partial charge >= 0.3 is 0 Å². The van der Waals surface area contributed by atoms with Crippen LogP contribution in [0.2, 0.25) is 0 Å². The summed E-state index contributed by atoms with van der Waals surface area (Å²) in [7, 11) is 0. The Bertz CT molecular complexity index is 516. The Hall–Kier alpha value is -2.10. The van der Waals surface area contributed by atoms with Crippen molar-refractivity contribution >= 4 is 5.91 Å². The SMILES string of the molecule is Cc1cc(Cc2ccccc2C(N)=O)n[nH]1.